The van der Waals surface area contributed by atoms with Crippen LogP contribution < -0.4 is 10.6 Å². The van der Waals surface area contributed by atoms with Crippen molar-refractivity contribution in [1.82, 2.24) is 5.32 Å². The van der Waals surface area contributed by atoms with Crippen molar-refractivity contribution in [3.63, 3.8) is 0 Å². The average Bonchev–Trinajstić information content (AvgIpc) is 2.73. The Kier molecular flexibility index (Phi) is 6.07. The van der Waals surface area contributed by atoms with Crippen LogP contribution in [0.25, 0.3) is 0 Å². The molecule has 0 aromatic heterocycles. The number of hydrogen-bond acceptors (Lipinski definition) is 2. The zero-order valence-electron chi connectivity index (χ0n) is 12.2. The standard InChI is InChI=1S/C17H18ClFN2.ClH/c18-16-6-3-13-7-9-20-10-8-15(13)17(16)21-11-12-1-4-14(19)5-2-12;/h1-6,20-21H,7-11H2;1H. The highest BCUT2D eigenvalue weighted by Crippen LogP contribution is 2.31. The predicted octanol–water partition coefficient (Wildman–Crippen LogP) is 4.20. The number of anilines is 1. The van der Waals surface area contributed by atoms with Crippen LogP contribution in [-0.4, -0.2) is 13.1 Å². The van der Waals surface area contributed by atoms with Crippen LogP contribution in [0.15, 0.2) is 36.4 Å². The maximum atomic E-state index is 12.9. The van der Waals surface area contributed by atoms with Gasteiger partial charge >= 0.3 is 0 Å². The summed E-state index contributed by atoms with van der Waals surface area (Å²) in [4.78, 5) is 0. The molecule has 3 rings (SSSR count). The molecule has 0 saturated carbocycles. The van der Waals surface area contributed by atoms with Gasteiger partial charge in [0.2, 0.25) is 0 Å². The topological polar surface area (TPSA) is 24.1 Å². The van der Waals surface area contributed by atoms with E-state index in [-0.39, 0.29) is 18.2 Å². The lowest BCUT2D eigenvalue weighted by atomic mass is 10.0. The lowest BCUT2D eigenvalue weighted by molar-refractivity contribution is 0.627. The highest BCUT2D eigenvalue weighted by molar-refractivity contribution is 6.33. The van der Waals surface area contributed by atoms with Crippen molar-refractivity contribution in [3.05, 3.63) is 63.9 Å². The summed E-state index contributed by atoms with van der Waals surface area (Å²) < 4.78 is 12.9. The lowest BCUT2D eigenvalue weighted by Crippen LogP contribution is -2.16. The van der Waals surface area contributed by atoms with E-state index >= 15 is 0 Å². The van der Waals surface area contributed by atoms with Gasteiger partial charge in [0.1, 0.15) is 5.82 Å². The quantitative estimate of drug-likeness (QED) is 0.874. The van der Waals surface area contributed by atoms with E-state index in [9.17, 15) is 4.39 Å². The number of benzene rings is 2. The summed E-state index contributed by atoms with van der Waals surface area (Å²) in [6.07, 6.45) is 2.00. The van der Waals surface area contributed by atoms with E-state index in [0.717, 1.165) is 42.2 Å². The van der Waals surface area contributed by atoms with Crippen LogP contribution in [0.4, 0.5) is 10.1 Å². The third-order valence-electron chi connectivity index (χ3n) is 3.86. The van der Waals surface area contributed by atoms with Crippen molar-refractivity contribution >= 4 is 29.7 Å². The van der Waals surface area contributed by atoms with Crippen molar-refractivity contribution in [1.29, 1.82) is 0 Å². The monoisotopic (exact) mass is 340 g/mol. The van der Waals surface area contributed by atoms with Gasteiger partial charge in [-0.3, -0.25) is 0 Å². The Hall–Kier alpha value is -1.29. The number of nitrogens with one attached hydrogen (secondary N) is 2. The van der Waals surface area contributed by atoms with Gasteiger partial charge in [-0.15, -0.1) is 12.4 Å². The molecule has 2 aromatic carbocycles. The van der Waals surface area contributed by atoms with Gasteiger partial charge in [-0.25, -0.2) is 4.39 Å². The first kappa shape index (κ1) is 17.1. The Labute approximate surface area is 141 Å². The molecule has 0 saturated heterocycles. The van der Waals surface area contributed by atoms with E-state index in [2.05, 4.69) is 16.7 Å². The molecule has 1 aliphatic heterocycles. The molecule has 118 valence electrons. The van der Waals surface area contributed by atoms with E-state index in [4.69, 9.17) is 11.6 Å². The smallest absolute Gasteiger partial charge is 0.123 e. The van der Waals surface area contributed by atoms with Crippen LogP contribution in [0.3, 0.4) is 0 Å². The van der Waals surface area contributed by atoms with Crippen LogP contribution in [0.2, 0.25) is 5.02 Å². The minimum Gasteiger partial charge on any atom is -0.380 e. The van der Waals surface area contributed by atoms with Crippen molar-refractivity contribution in [2.24, 2.45) is 0 Å². The molecule has 0 unspecified atom stereocenters. The minimum absolute atomic E-state index is 0. The fourth-order valence-electron chi connectivity index (χ4n) is 2.73. The molecule has 22 heavy (non-hydrogen) atoms. The summed E-state index contributed by atoms with van der Waals surface area (Å²) in [5, 5.41) is 7.58. The van der Waals surface area contributed by atoms with Gasteiger partial charge in [-0.2, -0.15) is 0 Å². The van der Waals surface area contributed by atoms with E-state index in [1.54, 1.807) is 12.1 Å². The lowest BCUT2D eigenvalue weighted by Gasteiger charge is -2.16. The summed E-state index contributed by atoms with van der Waals surface area (Å²) >= 11 is 6.36. The van der Waals surface area contributed by atoms with Gasteiger partial charge in [-0.1, -0.05) is 29.8 Å². The molecule has 0 aliphatic carbocycles. The van der Waals surface area contributed by atoms with Gasteiger partial charge in [0.05, 0.1) is 10.7 Å². The van der Waals surface area contributed by atoms with Crippen molar-refractivity contribution in [2.75, 3.05) is 18.4 Å². The van der Waals surface area contributed by atoms with Crippen LogP contribution >= 0.6 is 24.0 Å². The SMILES string of the molecule is Cl.Fc1ccc(CNc2c(Cl)ccc3c2CCNCC3)cc1. The highest BCUT2D eigenvalue weighted by Gasteiger charge is 2.14. The number of halogens is 3. The molecule has 0 radical (unpaired) electrons. The van der Waals surface area contributed by atoms with Crippen LogP contribution in [0.1, 0.15) is 16.7 Å². The molecular weight excluding hydrogens is 322 g/mol. The number of fused-ring (bicyclic) bond motifs is 1. The molecule has 2 nitrogen and oxygen atoms in total. The predicted molar refractivity (Wildman–Crippen MR) is 92.7 cm³/mol. The molecule has 2 N–H and O–H groups in total. The Morgan fingerprint density at radius 3 is 2.55 bits per heavy atom. The zero-order chi connectivity index (χ0) is 14.7. The number of hydrogen-bond donors (Lipinski definition) is 2. The summed E-state index contributed by atoms with van der Waals surface area (Å²) in [6.45, 7) is 2.62. The summed E-state index contributed by atoms with van der Waals surface area (Å²) in [6, 6.07) is 10.6. The van der Waals surface area contributed by atoms with E-state index in [1.807, 2.05) is 6.07 Å². The first-order chi connectivity index (χ1) is 10.2. The van der Waals surface area contributed by atoms with Crippen molar-refractivity contribution in [3.8, 4) is 0 Å². The molecule has 0 fully saturated rings. The summed E-state index contributed by atoms with van der Waals surface area (Å²) in [7, 11) is 0. The fraction of sp³-hybridized carbons (Fsp3) is 0.294. The average molecular weight is 341 g/mol. The van der Waals surface area contributed by atoms with Crippen LogP contribution in [0, 0.1) is 5.82 Å². The second kappa shape index (κ2) is 7.82. The molecule has 2 aromatic rings. The molecular formula is C17H19Cl2FN2. The maximum Gasteiger partial charge on any atom is 0.123 e. The largest absolute Gasteiger partial charge is 0.380 e. The van der Waals surface area contributed by atoms with Gasteiger partial charge in [-0.05, 0) is 60.8 Å². The summed E-state index contributed by atoms with van der Waals surface area (Å²) in [5.41, 5.74) is 4.71. The molecule has 0 bridgehead atoms. The van der Waals surface area contributed by atoms with Gasteiger partial charge < -0.3 is 10.6 Å². The van der Waals surface area contributed by atoms with Gasteiger partial charge in [0.25, 0.3) is 0 Å². The van der Waals surface area contributed by atoms with Crippen LogP contribution in [-0.2, 0) is 19.4 Å². The molecule has 1 heterocycles. The second-order valence-electron chi connectivity index (χ2n) is 5.29. The molecule has 0 amide bonds. The normalized spacial score (nSPS) is 13.7. The Balaban J connectivity index is 0.00000176. The van der Waals surface area contributed by atoms with Gasteiger partial charge in [0, 0.05) is 6.54 Å². The second-order valence-corrected chi connectivity index (χ2v) is 5.70. The van der Waals surface area contributed by atoms with Crippen LogP contribution in [0.5, 0.6) is 0 Å². The van der Waals surface area contributed by atoms with Crippen molar-refractivity contribution < 1.29 is 4.39 Å². The molecule has 0 atom stereocenters. The zero-order valence-corrected chi connectivity index (χ0v) is 13.7. The first-order valence-electron chi connectivity index (χ1n) is 7.23. The summed E-state index contributed by atoms with van der Waals surface area (Å²) in [5.74, 6) is -0.212. The molecule has 0 spiro atoms. The van der Waals surface area contributed by atoms with E-state index in [1.165, 1.54) is 23.3 Å². The van der Waals surface area contributed by atoms with Crippen molar-refractivity contribution in [2.45, 2.75) is 19.4 Å². The number of rotatable bonds is 3. The molecule has 1 aliphatic rings. The van der Waals surface area contributed by atoms with Gasteiger partial charge in [0.15, 0.2) is 0 Å². The first-order valence-corrected chi connectivity index (χ1v) is 7.61. The maximum absolute atomic E-state index is 12.9. The highest BCUT2D eigenvalue weighted by atomic mass is 35.5. The minimum atomic E-state index is -0.212. The third kappa shape index (κ3) is 3.92. The van der Waals surface area contributed by atoms with E-state index < -0.39 is 0 Å². The Morgan fingerprint density at radius 2 is 1.77 bits per heavy atom. The Bertz CT molecular complexity index is 629. The fourth-order valence-corrected chi connectivity index (χ4v) is 2.97. The Morgan fingerprint density at radius 1 is 1.05 bits per heavy atom. The third-order valence-corrected chi connectivity index (χ3v) is 4.18. The molecule has 5 heteroatoms. The van der Waals surface area contributed by atoms with E-state index in [0.29, 0.717) is 6.54 Å².